The zero-order chi connectivity index (χ0) is 18.1. The summed E-state index contributed by atoms with van der Waals surface area (Å²) in [6.45, 7) is 0.332. The van der Waals surface area contributed by atoms with Crippen molar-refractivity contribution < 1.29 is 23.2 Å². The van der Waals surface area contributed by atoms with Crippen molar-refractivity contribution in [3.63, 3.8) is 0 Å². The van der Waals surface area contributed by atoms with E-state index in [4.69, 9.17) is 25.6 Å². The third-order valence-corrected chi connectivity index (χ3v) is 4.13. The fourth-order valence-corrected chi connectivity index (χ4v) is 2.77. The van der Waals surface area contributed by atoms with E-state index >= 15 is 0 Å². The lowest BCUT2D eigenvalue weighted by molar-refractivity contribution is 0.0950. The number of hydrogen-bond donors (Lipinski definition) is 1. The summed E-state index contributed by atoms with van der Waals surface area (Å²) in [4.78, 5) is 12.1. The van der Waals surface area contributed by atoms with Gasteiger partial charge in [0, 0.05) is 11.6 Å². The molecule has 0 fully saturated rings. The molecule has 2 heterocycles. The third kappa shape index (κ3) is 3.21. The quantitative estimate of drug-likeness (QED) is 0.752. The van der Waals surface area contributed by atoms with Crippen LogP contribution < -0.4 is 14.8 Å². The van der Waals surface area contributed by atoms with Crippen molar-refractivity contribution in [1.82, 2.24) is 10.5 Å². The largest absolute Gasteiger partial charge is 0.454 e. The number of ether oxygens (including phenoxy) is 2. The number of nitrogens with zero attached hydrogens (tertiary/aromatic N) is 1. The van der Waals surface area contributed by atoms with E-state index in [1.807, 2.05) is 6.07 Å². The number of carbonyl (C=O) groups excluding carboxylic acids is 1. The zero-order valence-electron chi connectivity index (χ0n) is 13.3. The molecule has 0 aliphatic carbocycles. The van der Waals surface area contributed by atoms with Crippen LogP contribution in [0.25, 0.3) is 11.3 Å². The minimum Gasteiger partial charge on any atom is -0.454 e. The van der Waals surface area contributed by atoms with Crippen LogP contribution in [0.2, 0.25) is 5.02 Å². The average molecular weight is 375 g/mol. The highest BCUT2D eigenvalue weighted by Crippen LogP contribution is 2.36. The van der Waals surface area contributed by atoms with E-state index in [1.165, 1.54) is 12.1 Å². The highest BCUT2D eigenvalue weighted by Gasteiger charge is 2.16. The second kappa shape index (κ2) is 6.68. The van der Waals surface area contributed by atoms with E-state index in [9.17, 15) is 9.18 Å². The molecule has 1 N–H and O–H groups in total. The summed E-state index contributed by atoms with van der Waals surface area (Å²) in [6.07, 6.45) is 0. The SMILES string of the molecule is O=C(NCc1cc(-c2ccc3c(c2)OCO3)on1)c1ccc(F)cc1Cl. The van der Waals surface area contributed by atoms with Crippen molar-refractivity contribution >= 4 is 17.5 Å². The van der Waals surface area contributed by atoms with E-state index in [0.29, 0.717) is 23.0 Å². The van der Waals surface area contributed by atoms with Crippen molar-refractivity contribution in [2.75, 3.05) is 6.79 Å². The van der Waals surface area contributed by atoms with Gasteiger partial charge < -0.3 is 19.3 Å². The monoisotopic (exact) mass is 374 g/mol. The van der Waals surface area contributed by atoms with Crippen LogP contribution in [0.3, 0.4) is 0 Å². The van der Waals surface area contributed by atoms with Crippen molar-refractivity contribution in [2.24, 2.45) is 0 Å². The molecule has 0 radical (unpaired) electrons. The van der Waals surface area contributed by atoms with Gasteiger partial charge in [-0.25, -0.2) is 4.39 Å². The molecule has 0 saturated carbocycles. The molecule has 0 saturated heterocycles. The lowest BCUT2D eigenvalue weighted by atomic mass is 10.1. The van der Waals surface area contributed by atoms with E-state index < -0.39 is 11.7 Å². The molecule has 0 atom stereocenters. The maximum Gasteiger partial charge on any atom is 0.253 e. The van der Waals surface area contributed by atoms with Crippen LogP contribution in [0.1, 0.15) is 16.1 Å². The van der Waals surface area contributed by atoms with Gasteiger partial charge in [-0.2, -0.15) is 0 Å². The summed E-state index contributed by atoms with van der Waals surface area (Å²) >= 11 is 5.88. The topological polar surface area (TPSA) is 73.6 Å². The lowest BCUT2D eigenvalue weighted by Crippen LogP contribution is -2.23. The Kier molecular flexibility index (Phi) is 4.22. The van der Waals surface area contributed by atoms with Crippen LogP contribution in [-0.4, -0.2) is 17.9 Å². The summed E-state index contributed by atoms with van der Waals surface area (Å²) < 4.78 is 29.0. The Labute approximate surface area is 152 Å². The smallest absolute Gasteiger partial charge is 0.253 e. The van der Waals surface area contributed by atoms with Gasteiger partial charge in [0.05, 0.1) is 17.1 Å². The van der Waals surface area contributed by atoms with Gasteiger partial charge in [-0.05, 0) is 36.4 Å². The fourth-order valence-electron chi connectivity index (χ4n) is 2.52. The summed E-state index contributed by atoms with van der Waals surface area (Å²) in [6, 6.07) is 10.7. The van der Waals surface area contributed by atoms with Crippen molar-refractivity contribution in [3.05, 3.63) is 64.6 Å². The Hall–Kier alpha value is -3.06. The number of carbonyl (C=O) groups is 1. The molecule has 3 aromatic rings. The molecule has 2 aromatic carbocycles. The highest BCUT2D eigenvalue weighted by molar-refractivity contribution is 6.33. The molecule has 0 unspecified atom stereocenters. The first-order valence-corrected chi connectivity index (χ1v) is 8.07. The second-order valence-electron chi connectivity index (χ2n) is 5.56. The Balaban J connectivity index is 1.44. The van der Waals surface area contributed by atoms with Crippen LogP contribution in [0.5, 0.6) is 11.5 Å². The number of benzene rings is 2. The molecule has 4 rings (SSSR count). The fraction of sp³-hybridized carbons (Fsp3) is 0.111. The Morgan fingerprint density at radius 3 is 2.85 bits per heavy atom. The summed E-state index contributed by atoms with van der Waals surface area (Å²) in [5.41, 5.74) is 1.50. The maximum atomic E-state index is 13.1. The molecular weight excluding hydrogens is 363 g/mol. The van der Waals surface area contributed by atoms with Crippen LogP contribution in [0.15, 0.2) is 47.0 Å². The van der Waals surface area contributed by atoms with Crippen LogP contribution in [0.4, 0.5) is 4.39 Å². The average Bonchev–Trinajstić information content (AvgIpc) is 3.28. The highest BCUT2D eigenvalue weighted by atomic mass is 35.5. The molecule has 26 heavy (non-hydrogen) atoms. The van der Waals surface area contributed by atoms with Gasteiger partial charge in [-0.15, -0.1) is 0 Å². The van der Waals surface area contributed by atoms with Gasteiger partial charge in [-0.3, -0.25) is 4.79 Å². The zero-order valence-corrected chi connectivity index (χ0v) is 14.0. The lowest BCUT2D eigenvalue weighted by Gasteiger charge is -2.04. The molecule has 6 nitrogen and oxygen atoms in total. The van der Waals surface area contributed by atoms with Crippen molar-refractivity contribution in [2.45, 2.75) is 6.54 Å². The Morgan fingerprint density at radius 1 is 1.15 bits per heavy atom. The number of nitrogens with one attached hydrogen (secondary N) is 1. The summed E-state index contributed by atoms with van der Waals surface area (Å²) in [5, 5.41) is 6.65. The minimum absolute atomic E-state index is 0.0451. The van der Waals surface area contributed by atoms with E-state index in [2.05, 4.69) is 10.5 Å². The number of rotatable bonds is 4. The van der Waals surface area contributed by atoms with E-state index in [1.54, 1.807) is 18.2 Å². The molecule has 1 aliphatic rings. The number of aromatic nitrogens is 1. The molecular formula is C18H12ClFN2O4. The van der Waals surface area contributed by atoms with Gasteiger partial charge in [0.15, 0.2) is 17.3 Å². The first-order valence-electron chi connectivity index (χ1n) is 7.69. The van der Waals surface area contributed by atoms with Crippen LogP contribution >= 0.6 is 11.6 Å². The third-order valence-electron chi connectivity index (χ3n) is 3.82. The molecule has 1 amide bonds. The molecule has 8 heteroatoms. The van der Waals surface area contributed by atoms with Gasteiger partial charge in [0.1, 0.15) is 11.5 Å². The Morgan fingerprint density at radius 2 is 2.00 bits per heavy atom. The predicted octanol–water partition coefficient (Wildman–Crippen LogP) is 3.79. The first kappa shape index (κ1) is 16.4. The predicted molar refractivity (Wildman–Crippen MR) is 90.6 cm³/mol. The standard InChI is InChI=1S/C18H12ClFN2O4/c19-14-6-11(20)2-3-13(14)18(23)21-8-12-7-16(26-22-12)10-1-4-15-17(5-10)25-9-24-15/h1-7H,8-9H2,(H,21,23). The molecule has 0 bridgehead atoms. The number of halogens is 2. The van der Waals surface area contributed by atoms with E-state index in [-0.39, 0.29) is 23.9 Å². The minimum atomic E-state index is -0.503. The van der Waals surface area contributed by atoms with Gasteiger partial charge in [0.2, 0.25) is 6.79 Å². The van der Waals surface area contributed by atoms with Gasteiger partial charge >= 0.3 is 0 Å². The molecule has 132 valence electrons. The second-order valence-corrected chi connectivity index (χ2v) is 5.96. The van der Waals surface area contributed by atoms with E-state index in [0.717, 1.165) is 11.6 Å². The van der Waals surface area contributed by atoms with Crippen molar-refractivity contribution in [3.8, 4) is 22.8 Å². The summed E-state index contributed by atoms with van der Waals surface area (Å²) in [7, 11) is 0. The number of fused-ring (bicyclic) bond motifs is 1. The Bertz CT molecular complexity index is 989. The molecule has 0 spiro atoms. The molecule has 1 aliphatic heterocycles. The maximum absolute atomic E-state index is 13.1. The van der Waals surface area contributed by atoms with Crippen LogP contribution in [0, 0.1) is 5.82 Å². The van der Waals surface area contributed by atoms with Gasteiger partial charge in [-0.1, -0.05) is 16.8 Å². The summed E-state index contributed by atoms with van der Waals surface area (Å²) in [5.74, 6) is 0.919. The number of amides is 1. The van der Waals surface area contributed by atoms with Gasteiger partial charge in [0.25, 0.3) is 5.91 Å². The molecule has 1 aromatic heterocycles. The normalized spacial score (nSPS) is 12.2. The number of hydrogen-bond acceptors (Lipinski definition) is 5. The van der Waals surface area contributed by atoms with Crippen molar-refractivity contribution in [1.29, 1.82) is 0 Å². The van der Waals surface area contributed by atoms with Crippen LogP contribution in [-0.2, 0) is 6.54 Å². The first-order chi connectivity index (χ1) is 12.6.